The molecule has 2 heterocycles. The summed E-state index contributed by atoms with van der Waals surface area (Å²) in [5.41, 5.74) is -0.436. The van der Waals surface area contributed by atoms with E-state index in [1.165, 1.54) is 17.0 Å². The molecule has 0 bridgehead atoms. The van der Waals surface area contributed by atoms with Crippen molar-refractivity contribution >= 4 is 39.9 Å². The lowest BCUT2D eigenvalue weighted by molar-refractivity contribution is -0.276. The van der Waals surface area contributed by atoms with Crippen molar-refractivity contribution in [3.8, 4) is 11.6 Å². The van der Waals surface area contributed by atoms with Gasteiger partial charge < -0.3 is 38.1 Å². The number of halogens is 5. The number of carbonyl (C=O) groups excluding carboxylic acids is 3. The third-order valence-electron chi connectivity index (χ3n) is 7.16. The quantitative estimate of drug-likeness (QED) is 0.0273. The normalized spacial score (nSPS) is 11.6. The van der Waals surface area contributed by atoms with Crippen LogP contribution in [0.1, 0.15) is 56.5 Å². The van der Waals surface area contributed by atoms with Gasteiger partial charge in [-0.2, -0.15) is 0 Å². The van der Waals surface area contributed by atoms with Crippen LogP contribution in [-0.4, -0.2) is 84.8 Å². The van der Waals surface area contributed by atoms with Crippen molar-refractivity contribution < 1.29 is 69.5 Å². The summed E-state index contributed by atoms with van der Waals surface area (Å²) in [6.07, 6.45) is -3.00. The third-order valence-corrected chi connectivity index (χ3v) is 7.16. The number of rotatable bonds is 16. The van der Waals surface area contributed by atoms with Crippen LogP contribution in [0.5, 0.6) is 11.6 Å². The standard InChI is InChI=1S/C36H38F5N3O10/c1-5-49-34(47)52-21-51-32(45)23-8-9-24-26-19-42-11-10-25(26)31(43-29(24)18-23)50-15-14-48-13-7-6-12-44(33(46)54-35(2,3)4)20-22-16-27(37)30(28(38)17-22)53-36(39,40)41/h8-11,16-19H,5-7,12-15,20-21H2,1-4H3. The topological polar surface area (TPSA) is 145 Å². The Balaban J connectivity index is 1.31. The Labute approximate surface area is 306 Å². The molecule has 0 spiro atoms. The van der Waals surface area contributed by atoms with Gasteiger partial charge in [0.2, 0.25) is 18.4 Å². The molecule has 18 heteroatoms. The predicted octanol–water partition coefficient (Wildman–Crippen LogP) is 7.86. The maximum Gasteiger partial charge on any atom is 0.573 e. The molecule has 2 aromatic carbocycles. The first kappa shape index (κ1) is 41.2. The van der Waals surface area contributed by atoms with Crippen molar-refractivity contribution in [2.24, 2.45) is 0 Å². The highest BCUT2D eigenvalue weighted by atomic mass is 19.4. The molecule has 54 heavy (non-hydrogen) atoms. The van der Waals surface area contributed by atoms with Gasteiger partial charge in [0.25, 0.3) is 0 Å². The van der Waals surface area contributed by atoms with E-state index in [-0.39, 0.29) is 56.5 Å². The fourth-order valence-corrected chi connectivity index (χ4v) is 4.93. The van der Waals surface area contributed by atoms with Crippen LogP contribution in [0.4, 0.5) is 31.5 Å². The lowest BCUT2D eigenvalue weighted by Crippen LogP contribution is -2.37. The molecule has 0 aliphatic carbocycles. The maximum absolute atomic E-state index is 14.3. The Kier molecular flexibility index (Phi) is 14.1. The molecule has 0 aliphatic heterocycles. The first-order valence-corrected chi connectivity index (χ1v) is 16.6. The largest absolute Gasteiger partial charge is 0.573 e. The zero-order valence-corrected chi connectivity index (χ0v) is 29.8. The fourth-order valence-electron chi connectivity index (χ4n) is 4.93. The number of benzene rings is 2. The first-order chi connectivity index (χ1) is 25.5. The molecule has 0 saturated carbocycles. The Morgan fingerprint density at radius 1 is 0.852 bits per heavy atom. The third kappa shape index (κ3) is 12.3. The minimum atomic E-state index is -5.30. The Morgan fingerprint density at radius 2 is 1.59 bits per heavy atom. The van der Waals surface area contributed by atoms with Gasteiger partial charge in [-0.3, -0.25) is 4.98 Å². The van der Waals surface area contributed by atoms with E-state index in [1.54, 1.807) is 52.2 Å². The first-order valence-electron chi connectivity index (χ1n) is 16.6. The summed E-state index contributed by atoms with van der Waals surface area (Å²) in [6.45, 7) is 6.20. The number of unbranched alkanes of at least 4 members (excludes halogenated alkanes) is 1. The van der Waals surface area contributed by atoms with E-state index in [2.05, 4.69) is 24.2 Å². The van der Waals surface area contributed by atoms with E-state index in [1.807, 2.05) is 0 Å². The van der Waals surface area contributed by atoms with Crippen molar-refractivity contribution in [1.82, 2.24) is 14.9 Å². The lowest BCUT2D eigenvalue weighted by Gasteiger charge is -2.27. The van der Waals surface area contributed by atoms with Gasteiger partial charge in [0.05, 0.1) is 24.3 Å². The number of hydrogen-bond donors (Lipinski definition) is 0. The fraction of sp³-hybridized carbons (Fsp3) is 0.417. The molecule has 0 saturated heterocycles. The highest BCUT2D eigenvalue weighted by Crippen LogP contribution is 2.32. The van der Waals surface area contributed by atoms with Gasteiger partial charge in [0.1, 0.15) is 12.2 Å². The van der Waals surface area contributed by atoms with Crippen LogP contribution in [0.2, 0.25) is 0 Å². The van der Waals surface area contributed by atoms with Crippen molar-refractivity contribution in [2.75, 3.05) is 39.8 Å². The van der Waals surface area contributed by atoms with Crippen molar-refractivity contribution in [3.05, 3.63) is 71.6 Å². The highest BCUT2D eigenvalue weighted by molar-refractivity contribution is 6.08. The Hall–Kier alpha value is -5.52. The summed E-state index contributed by atoms with van der Waals surface area (Å²) in [6, 6.07) is 7.78. The molecular formula is C36H38F5N3O10. The number of nitrogens with zero attached hydrogens (tertiary/aromatic N) is 3. The van der Waals surface area contributed by atoms with Gasteiger partial charge >= 0.3 is 24.6 Å². The minimum Gasteiger partial charge on any atom is -0.475 e. The minimum absolute atomic E-state index is 0.0772. The van der Waals surface area contributed by atoms with E-state index in [9.17, 15) is 36.3 Å². The van der Waals surface area contributed by atoms with E-state index in [0.29, 0.717) is 41.3 Å². The number of amides is 1. The number of esters is 1. The van der Waals surface area contributed by atoms with Crippen LogP contribution in [-0.2, 0) is 30.2 Å². The molecule has 0 unspecified atom stereocenters. The summed E-state index contributed by atoms with van der Waals surface area (Å²) in [5.74, 6) is -5.23. The Bertz CT molecular complexity index is 1910. The van der Waals surface area contributed by atoms with E-state index < -0.39 is 54.4 Å². The number of hydrogen-bond acceptors (Lipinski definition) is 12. The van der Waals surface area contributed by atoms with Gasteiger partial charge in [-0.1, -0.05) is 6.07 Å². The number of ether oxygens (including phenoxy) is 7. The SMILES string of the molecule is CCOC(=O)OCOC(=O)c1ccc2c(c1)nc(OCCOCCCCN(Cc1cc(F)c(OC(F)(F)F)c(F)c1)C(=O)OC(C)(C)C)c1ccncc12. The molecule has 0 atom stereocenters. The van der Waals surface area contributed by atoms with Gasteiger partial charge in [-0.25, -0.2) is 28.1 Å². The molecule has 2 aromatic heterocycles. The molecule has 0 fully saturated rings. The number of carbonyl (C=O) groups is 3. The smallest absolute Gasteiger partial charge is 0.475 e. The average Bonchev–Trinajstić information content (AvgIpc) is 3.09. The second kappa shape index (κ2) is 18.5. The van der Waals surface area contributed by atoms with Crippen LogP contribution in [0.25, 0.3) is 21.7 Å². The van der Waals surface area contributed by atoms with Gasteiger partial charge in [0.15, 0.2) is 11.6 Å². The van der Waals surface area contributed by atoms with Crippen LogP contribution in [0, 0.1) is 11.6 Å². The molecule has 4 aromatic rings. The van der Waals surface area contributed by atoms with Crippen LogP contribution >= 0.6 is 0 Å². The summed E-state index contributed by atoms with van der Waals surface area (Å²) >= 11 is 0. The molecule has 0 aliphatic rings. The monoisotopic (exact) mass is 767 g/mol. The second-order valence-corrected chi connectivity index (χ2v) is 12.5. The summed E-state index contributed by atoms with van der Waals surface area (Å²) in [4.78, 5) is 46.7. The van der Waals surface area contributed by atoms with Crippen molar-refractivity contribution in [1.29, 1.82) is 0 Å². The molecule has 292 valence electrons. The van der Waals surface area contributed by atoms with Gasteiger partial charge in [-0.05, 0) is 76.4 Å². The summed E-state index contributed by atoms with van der Waals surface area (Å²) in [5, 5.41) is 2.08. The van der Waals surface area contributed by atoms with Crippen molar-refractivity contribution in [2.45, 2.75) is 59.0 Å². The van der Waals surface area contributed by atoms with Gasteiger partial charge in [-0.15, -0.1) is 13.2 Å². The van der Waals surface area contributed by atoms with Crippen LogP contribution in [0.15, 0.2) is 48.8 Å². The van der Waals surface area contributed by atoms with E-state index in [0.717, 1.165) is 5.39 Å². The van der Waals surface area contributed by atoms with E-state index >= 15 is 0 Å². The highest BCUT2D eigenvalue weighted by Gasteiger charge is 2.34. The average molecular weight is 768 g/mol. The molecular weight excluding hydrogens is 729 g/mol. The molecule has 0 radical (unpaired) electrons. The number of fused-ring (bicyclic) bond motifs is 3. The number of alkyl halides is 3. The molecule has 0 N–H and O–H groups in total. The molecule has 4 rings (SSSR count). The van der Waals surface area contributed by atoms with E-state index in [4.69, 9.17) is 18.9 Å². The molecule has 13 nitrogen and oxygen atoms in total. The summed E-state index contributed by atoms with van der Waals surface area (Å²) in [7, 11) is 0. The molecule has 1 amide bonds. The van der Waals surface area contributed by atoms with Gasteiger partial charge in [0, 0.05) is 48.2 Å². The lowest BCUT2D eigenvalue weighted by atomic mass is 10.1. The second-order valence-electron chi connectivity index (χ2n) is 12.5. The Morgan fingerprint density at radius 3 is 2.28 bits per heavy atom. The number of pyridine rings is 2. The maximum atomic E-state index is 14.3. The van der Waals surface area contributed by atoms with Crippen molar-refractivity contribution in [3.63, 3.8) is 0 Å². The zero-order valence-electron chi connectivity index (χ0n) is 29.8. The van der Waals surface area contributed by atoms with Crippen LogP contribution in [0.3, 0.4) is 0 Å². The zero-order chi connectivity index (χ0) is 39.5. The predicted molar refractivity (Wildman–Crippen MR) is 181 cm³/mol. The summed E-state index contributed by atoms with van der Waals surface area (Å²) < 4.78 is 101. The number of aromatic nitrogens is 2. The van der Waals surface area contributed by atoms with Crippen LogP contribution < -0.4 is 9.47 Å².